The van der Waals surface area contributed by atoms with Crippen molar-refractivity contribution in [3.8, 4) is 34.1 Å². The van der Waals surface area contributed by atoms with Gasteiger partial charge in [0.2, 0.25) is 12.0 Å². The molecular weight excluding hydrogens is 534 g/mol. The second-order valence-corrected chi connectivity index (χ2v) is 9.27. The Morgan fingerprint density at radius 3 is 2.51 bits per heavy atom. The third-order valence-corrected chi connectivity index (χ3v) is 6.73. The molecule has 0 aliphatic carbocycles. The summed E-state index contributed by atoms with van der Waals surface area (Å²) in [5.41, 5.74) is 0.924. The molecule has 0 unspecified atom stereocenters. The van der Waals surface area contributed by atoms with E-state index in [4.69, 9.17) is 28.1 Å². The molecular formula is C30H29NO10. The van der Waals surface area contributed by atoms with Crippen LogP contribution >= 0.6 is 0 Å². The van der Waals surface area contributed by atoms with Gasteiger partial charge in [0, 0.05) is 16.5 Å². The molecule has 0 radical (unpaired) electrons. The van der Waals surface area contributed by atoms with Crippen molar-refractivity contribution >= 4 is 22.6 Å². The Kier molecular flexibility index (Phi) is 8.11. The molecule has 11 heteroatoms. The molecule has 41 heavy (non-hydrogen) atoms. The van der Waals surface area contributed by atoms with Gasteiger partial charge in [-0.2, -0.15) is 0 Å². The molecule has 4 aromatic rings. The highest BCUT2D eigenvalue weighted by molar-refractivity contribution is 6.06. The topological polar surface area (TPSA) is 146 Å². The molecule has 0 saturated carbocycles. The van der Waals surface area contributed by atoms with Gasteiger partial charge >= 0.3 is 5.63 Å². The number of hydrogen-bond donors (Lipinski definition) is 3. The summed E-state index contributed by atoms with van der Waals surface area (Å²) in [6.07, 6.45) is -3.13. The van der Waals surface area contributed by atoms with Crippen LogP contribution < -0.4 is 29.9 Å². The summed E-state index contributed by atoms with van der Waals surface area (Å²) >= 11 is 0. The lowest BCUT2D eigenvalue weighted by molar-refractivity contribution is -0.207. The Hall–Kier alpha value is -4.58. The second-order valence-electron chi connectivity index (χ2n) is 9.27. The van der Waals surface area contributed by atoms with Gasteiger partial charge in [-0.15, -0.1) is 0 Å². The molecule has 1 aliphatic heterocycles. The van der Waals surface area contributed by atoms with Gasteiger partial charge in [-0.3, -0.25) is 4.79 Å². The highest BCUT2D eigenvalue weighted by Gasteiger charge is 2.34. The van der Waals surface area contributed by atoms with Gasteiger partial charge < -0.3 is 43.6 Å². The summed E-state index contributed by atoms with van der Waals surface area (Å²) in [6, 6.07) is 16.9. The van der Waals surface area contributed by atoms with E-state index in [2.05, 4.69) is 5.32 Å². The first-order valence-corrected chi connectivity index (χ1v) is 12.8. The van der Waals surface area contributed by atoms with Crippen LogP contribution in [0.4, 0.5) is 5.69 Å². The standard InChI is InChI=1S/C30H29NO10/c1-36-19-6-4-5-16(13-19)20-14-18(8-9-23(20)37-2)28(34)31-21-15-17-7-10-24(27(38-3)26(17)41-29(21)35)40-30-25(33)22(32)11-12-39-30/h4-10,13-15,22,25,30,32-33H,11-12H2,1-3H3,(H,31,34)/t22-,25-,30+/m1/s1. The molecule has 1 amide bonds. The fourth-order valence-electron chi connectivity index (χ4n) is 4.56. The third kappa shape index (κ3) is 5.68. The molecule has 2 heterocycles. The van der Waals surface area contributed by atoms with E-state index >= 15 is 0 Å². The van der Waals surface area contributed by atoms with E-state index in [0.29, 0.717) is 22.4 Å². The van der Waals surface area contributed by atoms with Crippen molar-refractivity contribution in [1.82, 2.24) is 0 Å². The van der Waals surface area contributed by atoms with Crippen molar-refractivity contribution in [1.29, 1.82) is 0 Å². The molecule has 3 aromatic carbocycles. The number of methoxy groups -OCH3 is 3. The first-order valence-electron chi connectivity index (χ1n) is 12.8. The van der Waals surface area contributed by atoms with Crippen LogP contribution in [0.15, 0.2) is 69.9 Å². The second kappa shape index (κ2) is 11.9. The molecule has 1 aliphatic rings. The average Bonchev–Trinajstić information content (AvgIpc) is 2.99. The largest absolute Gasteiger partial charge is 0.497 e. The van der Waals surface area contributed by atoms with Gasteiger partial charge in [0.1, 0.15) is 23.3 Å². The summed E-state index contributed by atoms with van der Waals surface area (Å²) in [4.78, 5) is 26.1. The first kappa shape index (κ1) is 28.0. The minimum Gasteiger partial charge on any atom is -0.497 e. The number of aliphatic hydroxyl groups is 2. The SMILES string of the molecule is COc1cccc(-c2cc(C(=O)Nc3cc4ccc(O[C@@H]5OCC[C@@H](O)[C@H]5O)c(OC)c4oc3=O)ccc2OC)c1. The summed E-state index contributed by atoms with van der Waals surface area (Å²) < 4.78 is 32.9. The van der Waals surface area contributed by atoms with E-state index in [1.807, 2.05) is 24.3 Å². The molecule has 11 nitrogen and oxygen atoms in total. The number of ether oxygens (including phenoxy) is 5. The number of fused-ring (bicyclic) bond motifs is 1. The first-order chi connectivity index (χ1) is 19.8. The van der Waals surface area contributed by atoms with Gasteiger partial charge in [-0.25, -0.2) is 4.79 Å². The minimum absolute atomic E-state index is 0.0728. The van der Waals surface area contributed by atoms with E-state index < -0.39 is 30.0 Å². The van der Waals surface area contributed by atoms with Crippen LogP contribution in [0.5, 0.6) is 23.0 Å². The van der Waals surface area contributed by atoms with E-state index in [0.717, 1.165) is 5.56 Å². The third-order valence-electron chi connectivity index (χ3n) is 6.73. The fourth-order valence-corrected chi connectivity index (χ4v) is 4.56. The van der Waals surface area contributed by atoms with Crippen LogP contribution in [-0.4, -0.2) is 62.6 Å². The van der Waals surface area contributed by atoms with Crippen molar-refractivity contribution in [2.24, 2.45) is 0 Å². The van der Waals surface area contributed by atoms with Crippen LogP contribution in [0.25, 0.3) is 22.1 Å². The van der Waals surface area contributed by atoms with Gasteiger partial charge in [-0.05, 0) is 60.5 Å². The average molecular weight is 564 g/mol. The molecule has 214 valence electrons. The maximum atomic E-state index is 13.2. The maximum absolute atomic E-state index is 13.2. The number of carbonyl (C=O) groups excluding carboxylic acids is 1. The lowest BCUT2D eigenvalue weighted by Gasteiger charge is -2.32. The van der Waals surface area contributed by atoms with Crippen molar-refractivity contribution in [2.75, 3.05) is 33.3 Å². The molecule has 1 aromatic heterocycles. The monoisotopic (exact) mass is 563 g/mol. The van der Waals surface area contributed by atoms with Crippen LogP contribution in [0.1, 0.15) is 16.8 Å². The maximum Gasteiger partial charge on any atom is 0.360 e. The number of hydrogen-bond acceptors (Lipinski definition) is 10. The van der Waals surface area contributed by atoms with E-state index in [1.165, 1.54) is 20.3 Å². The number of carbonyl (C=O) groups is 1. The smallest absolute Gasteiger partial charge is 0.360 e. The van der Waals surface area contributed by atoms with Gasteiger partial charge in [-0.1, -0.05) is 12.1 Å². The van der Waals surface area contributed by atoms with Crippen LogP contribution in [0.3, 0.4) is 0 Å². The molecule has 0 spiro atoms. The Balaban J connectivity index is 1.43. The summed E-state index contributed by atoms with van der Waals surface area (Å²) in [7, 11) is 4.48. The Labute approximate surface area is 234 Å². The number of anilines is 1. The summed E-state index contributed by atoms with van der Waals surface area (Å²) in [6.45, 7) is 0.201. The van der Waals surface area contributed by atoms with E-state index in [1.54, 1.807) is 37.4 Å². The zero-order valence-corrected chi connectivity index (χ0v) is 22.6. The zero-order chi connectivity index (χ0) is 29.1. The predicted octanol–water partition coefficient (Wildman–Crippen LogP) is 3.59. The van der Waals surface area contributed by atoms with Gasteiger partial charge in [0.15, 0.2) is 11.3 Å². The summed E-state index contributed by atoms with van der Waals surface area (Å²) in [5.74, 6) is 0.910. The highest BCUT2D eigenvalue weighted by Crippen LogP contribution is 2.37. The van der Waals surface area contributed by atoms with E-state index in [-0.39, 0.29) is 41.4 Å². The predicted molar refractivity (Wildman–Crippen MR) is 149 cm³/mol. The number of benzene rings is 3. The van der Waals surface area contributed by atoms with Crippen molar-refractivity contribution in [3.63, 3.8) is 0 Å². The number of nitrogens with one attached hydrogen (secondary N) is 1. The van der Waals surface area contributed by atoms with Crippen molar-refractivity contribution in [3.05, 3.63) is 76.6 Å². The fraction of sp³-hybridized carbons (Fsp3) is 0.267. The molecule has 3 atom stereocenters. The Bertz CT molecular complexity index is 1630. The molecule has 1 saturated heterocycles. The van der Waals surface area contributed by atoms with E-state index in [9.17, 15) is 19.8 Å². The van der Waals surface area contributed by atoms with Crippen LogP contribution in [-0.2, 0) is 4.74 Å². The van der Waals surface area contributed by atoms with Crippen LogP contribution in [0, 0.1) is 0 Å². The number of amides is 1. The lowest BCUT2D eigenvalue weighted by Crippen LogP contribution is -2.47. The molecule has 1 fully saturated rings. The normalized spacial score (nSPS) is 18.5. The molecule has 5 rings (SSSR count). The zero-order valence-electron chi connectivity index (χ0n) is 22.6. The lowest BCUT2D eigenvalue weighted by atomic mass is 10.0. The number of rotatable bonds is 8. The Morgan fingerprint density at radius 2 is 1.76 bits per heavy atom. The van der Waals surface area contributed by atoms with Crippen molar-refractivity contribution < 1.29 is 43.1 Å². The molecule has 3 N–H and O–H groups in total. The van der Waals surface area contributed by atoms with Gasteiger partial charge in [0.05, 0.1) is 34.0 Å². The molecule has 0 bridgehead atoms. The number of aliphatic hydroxyl groups excluding tert-OH is 2. The highest BCUT2D eigenvalue weighted by atomic mass is 16.7. The van der Waals surface area contributed by atoms with Crippen LogP contribution in [0.2, 0.25) is 0 Å². The summed E-state index contributed by atoms with van der Waals surface area (Å²) in [5, 5.41) is 23.2. The minimum atomic E-state index is -1.27. The van der Waals surface area contributed by atoms with Gasteiger partial charge in [0.25, 0.3) is 5.91 Å². The Morgan fingerprint density at radius 1 is 0.951 bits per heavy atom. The quantitative estimate of drug-likeness (QED) is 0.272. The van der Waals surface area contributed by atoms with Crippen molar-refractivity contribution in [2.45, 2.75) is 24.9 Å².